The van der Waals surface area contributed by atoms with Crippen molar-refractivity contribution in [2.24, 2.45) is 5.92 Å². The van der Waals surface area contributed by atoms with Crippen molar-refractivity contribution in [1.29, 1.82) is 0 Å². The van der Waals surface area contributed by atoms with Crippen molar-refractivity contribution in [3.63, 3.8) is 0 Å². The molecule has 110 valence electrons. The number of hydrogen-bond acceptors (Lipinski definition) is 5. The van der Waals surface area contributed by atoms with E-state index in [9.17, 15) is 14.4 Å². The first-order valence-corrected chi connectivity index (χ1v) is 5.82. The van der Waals surface area contributed by atoms with Gasteiger partial charge in [-0.05, 0) is 5.92 Å². The Balaban J connectivity index is 4.56. The Bertz CT molecular complexity index is 331. The number of aliphatic hydroxyl groups is 1. The monoisotopic (exact) mass is 276 g/mol. The maximum absolute atomic E-state index is 11.6. The molecule has 0 heterocycles. The summed E-state index contributed by atoms with van der Waals surface area (Å²) in [6.45, 7) is 3.05. The van der Waals surface area contributed by atoms with Crippen LogP contribution in [-0.2, 0) is 14.3 Å². The van der Waals surface area contributed by atoms with Gasteiger partial charge in [0.1, 0.15) is 12.1 Å². The molecule has 8 nitrogen and oxygen atoms in total. The summed E-state index contributed by atoms with van der Waals surface area (Å²) in [5.74, 6) is -2.08. The van der Waals surface area contributed by atoms with E-state index in [2.05, 4.69) is 15.4 Å². The molecule has 2 unspecified atom stereocenters. The molecule has 0 fully saturated rings. The molecule has 0 aromatic carbocycles. The Morgan fingerprint density at radius 2 is 1.79 bits per heavy atom. The van der Waals surface area contributed by atoms with Crippen LogP contribution in [0.15, 0.2) is 0 Å². The molecule has 0 aliphatic rings. The number of carboxylic acids is 1. The number of urea groups is 1. The predicted octanol–water partition coefficient (Wildman–Crippen LogP) is -0.681. The Morgan fingerprint density at radius 1 is 1.21 bits per heavy atom. The first kappa shape index (κ1) is 17.2. The van der Waals surface area contributed by atoms with Gasteiger partial charge in [0.25, 0.3) is 0 Å². The molecule has 0 radical (unpaired) electrons. The summed E-state index contributed by atoms with van der Waals surface area (Å²) in [4.78, 5) is 33.8. The number of rotatable bonds is 7. The summed E-state index contributed by atoms with van der Waals surface area (Å²) in [7, 11) is 1.20. The maximum atomic E-state index is 11.6. The lowest BCUT2D eigenvalue weighted by molar-refractivity contribution is -0.144. The number of aliphatic hydroxyl groups excluding tert-OH is 1. The molecule has 0 bridgehead atoms. The van der Waals surface area contributed by atoms with E-state index in [1.54, 1.807) is 13.8 Å². The number of hydrogen-bond donors (Lipinski definition) is 4. The Kier molecular flexibility index (Phi) is 7.50. The van der Waals surface area contributed by atoms with Crippen LogP contribution < -0.4 is 10.6 Å². The zero-order valence-corrected chi connectivity index (χ0v) is 11.2. The molecule has 2 amide bonds. The van der Waals surface area contributed by atoms with E-state index in [1.807, 2.05) is 0 Å². The van der Waals surface area contributed by atoms with Crippen LogP contribution in [0.5, 0.6) is 0 Å². The van der Waals surface area contributed by atoms with Crippen molar-refractivity contribution >= 4 is 18.0 Å². The van der Waals surface area contributed by atoms with Crippen molar-refractivity contribution in [3.8, 4) is 0 Å². The summed E-state index contributed by atoms with van der Waals surface area (Å²) in [5.41, 5.74) is 0. The minimum absolute atomic E-state index is 0.118. The van der Waals surface area contributed by atoms with Crippen molar-refractivity contribution < 1.29 is 29.3 Å². The van der Waals surface area contributed by atoms with E-state index in [4.69, 9.17) is 10.2 Å². The average molecular weight is 276 g/mol. The van der Waals surface area contributed by atoms with Crippen LogP contribution in [0.25, 0.3) is 0 Å². The second-order valence-corrected chi connectivity index (χ2v) is 4.27. The van der Waals surface area contributed by atoms with E-state index < -0.39 is 30.1 Å². The van der Waals surface area contributed by atoms with Crippen molar-refractivity contribution in [2.45, 2.75) is 32.4 Å². The molecule has 0 aliphatic heterocycles. The lowest BCUT2D eigenvalue weighted by Crippen LogP contribution is -2.53. The topological polar surface area (TPSA) is 125 Å². The maximum Gasteiger partial charge on any atom is 0.328 e. The summed E-state index contributed by atoms with van der Waals surface area (Å²) >= 11 is 0. The fourth-order valence-corrected chi connectivity index (χ4v) is 1.35. The molecule has 4 N–H and O–H groups in total. The third-order valence-electron chi connectivity index (χ3n) is 2.43. The van der Waals surface area contributed by atoms with Crippen molar-refractivity contribution in [1.82, 2.24) is 10.6 Å². The summed E-state index contributed by atoms with van der Waals surface area (Å²) < 4.78 is 4.54. The van der Waals surface area contributed by atoms with E-state index in [0.717, 1.165) is 0 Å². The van der Waals surface area contributed by atoms with Gasteiger partial charge in [-0.1, -0.05) is 13.8 Å². The van der Waals surface area contributed by atoms with E-state index in [-0.39, 0.29) is 18.9 Å². The molecular formula is C11H20N2O6. The number of aliphatic carboxylic acids is 1. The SMILES string of the molecule is COC(=O)C(NC(=O)NC(CCO)C(=O)O)C(C)C. The molecule has 0 aliphatic carbocycles. The molecule has 0 spiro atoms. The summed E-state index contributed by atoms with van der Waals surface area (Å²) in [5, 5.41) is 22.0. The highest BCUT2D eigenvalue weighted by molar-refractivity contribution is 5.86. The van der Waals surface area contributed by atoms with Gasteiger partial charge in [-0.15, -0.1) is 0 Å². The van der Waals surface area contributed by atoms with Gasteiger partial charge in [-0.3, -0.25) is 0 Å². The third-order valence-corrected chi connectivity index (χ3v) is 2.43. The van der Waals surface area contributed by atoms with Crippen LogP contribution in [0.2, 0.25) is 0 Å². The minimum atomic E-state index is -1.26. The van der Waals surface area contributed by atoms with Crippen LogP contribution in [0.3, 0.4) is 0 Å². The van der Waals surface area contributed by atoms with Gasteiger partial charge in [0.05, 0.1) is 7.11 Å². The van der Waals surface area contributed by atoms with Crippen LogP contribution >= 0.6 is 0 Å². The number of amides is 2. The van der Waals surface area contributed by atoms with Crippen LogP contribution in [0.1, 0.15) is 20.3 Å². The molecule has 0 saturated heterocycles. The zero-order valence-electron chi connectivity index (χ0n) is 11.2. The molecule has 0 aromatic rings. The molecule has 2 atom stereocenters. The summed E-state index contributed by atoms with van der Waals surface area (Å²) in [6.07, 6.45) is -0.118. The van der Waals surface area contributed by atoms with Crippen molar-refractivity contribution in [2.75, 3.05) is 13.7 Å². The number of carbonyl (C=O) groups excluding carboxylic acids is 2. The first-order chi connectivity index (χ1) is 8.83. The van der Waals surface area contributed by atoms with Crippen LogP contribution in [0, 0.1) is 5.92 Å². The molecule has 19 heavy (non-hydrogen) atoms. The lowest BCUT2D eigenvalue weighted by atomic mass is 10.1. The lowest BCUT2D eigenvalue weighted by Gasteiger charge is -2.21. The highest BCUT2D eigenvalue weighted by Crippen LogP contribution is 2.03. The fourth-order valence-electron chi connectivity index (χ4n) is 1.35. The highest BCUT2D eigenvalue weighted by atomic mass is 16.5. The van der Waals surface area contributed by atoms with Gasteiger partial charge in [0, 0.05) is 13.0 Å². The number of ether oxygens (including phenoxy) is 1. The number of carboxylic acid groups (broad SMARTS) is 1. The average Bonchev–Trinajstić information content (AvgIpc) is 2.34. The summed E-state index contributed by atoms with van der Waals surface area (Å²) in [6, 6.07) is -2.88. The van der Waals surface area contributed by atoms with Gasteiger partial charge >= 0.3 is 18.0 Å². The van der Waals surface area contributed by atoms with E-state index in [1.165, 1.54) is 7.11 Å². The predicted molar refractivity (Wildman–Crippen MR) is 65.4 cm³/mol. The van der Waals surface area contributed by atoms with Gasteiger partial charge in [-0.25, -0.2) is 14.4 Å². The fraction of sp³-hybridized carbons (Fsp3) is 0.727. The largest absolute Gasteiger partial charge is 0.480 e. The first-order valence-electron chi connectivity index (χ1n) is 5.82. The normalized spacial score (nSPS) is 13.5. The molecule has 0 aromatic heterocycles. The minimum Gasteiger partial charge on any atom is -0.480 e. The smallest absolute Gasteiger partial charge is 0.328 e. The highest BCUT2D eigenvalue weighted by Gasteiger charge is 2.27. The molecule has 8 heteroatoms. The van der Waals surface area contributed by atoms with Gasteiger partial charge in [0.2, 0.25) is 0 Å². The van der Waals surface area contributed by atoms with Gasteiger partial charge in [-0.2, -0.15) is 0 Å². The van der Waals surface area contributed by atoms with Crippen LogP contribution in [-0.4, -0.2) is 54.0 Å². The molecular weight excluding hydrogens is 256 g/mol. The number of nitrogens with one attached hydrogen (secondary N) is 2. The Labute approximate surface area is 111 Å². The van der Waals surface area contributed by atoms with Gasteiger partial charge < -0.3 is 25.6 Å². The second-order valence-electron chi connectivity index (χ2n) is 4.27. The zero-order chi connectivity index (χ0) is 15.0. The van der Waals surface area contributed by atoms with Crippen molar-refractivity contribution in [3.05, 3.63) is 0 Å². The van der Waals surface area contributed by atoms with E-state index >= 15 is 0 Å². The number of esters is 1. The quantitative estimate of drug-likeness (QED) is 0.456. The number of carbonyl (C=O) groups is 3. The standard InChI is InChI=1S/C11H20N2O6/c1-6(2)8(10(17)19-3)13-11(18)12-7(4-5-14)9(15)16/h6-8,14H,4-5H2,1-3H3,(H,15,16)(H2,12,13,18). The van der Waals surface area contributed by atoms with E-state index in [0.29, 0.717) is 0 Å². The third kappa shape index (κ3) is 6.05. The molecule has 0 saturated carbocycles. The second kappa shape index (κ2) is 8.30. The number of methoxy groups -OCH3 is 1. The van der Waals surface area contributed by atoms with Gasteiger partial charge in [0.15, 0.2) is 0 Å². The Hall–Kier alpha value is -1.83. The van der Waals surface area contributed by atoms with Crippen LogP contribution in [0.4, 0.5) is 4.79 Å². The Morgan fingerprint density at radius 3 is 2.16 bits per heavy atom. The molecule has 0 rings (SSSR count).